The number of aromatic carboxylic acids is 1. The highest BCUT2D eigenvalue weighted by atomic mass is 16.4. The second-order valence-corrected chi connectivity index (χ2v) is 6.99. The van der Waals surface area contributed by atoms with Crippen LogP contribution >= 0.6 is 0 Å². The Morgan fingerprint density at radius 2 is 1.66 bits per heavy atom. The van der Waals surface area contributed by atoms with Gasteiger partial charge in [-0.05, 0) is 31.4 Å². The van der Waals surface area contributed by atoms with Crippen molar-refractivity contribution in [2.75, 3.05) is 13.1 Å². The zero-order chi connectivity index (χ0) is 20.8. The Hall–Kier alpha value is -3.48. The van der Waals surface area contributed by atoms with Gasteiger partial charge in [0.1, 0.15) is 0 Å². The maximum absolute atomic E-state index is 12.7. The van der Waals surface area contributed by atoms with Crippen LogP contribution in [0.5, 0.6) is 0 Å². The summed E-state index contributed by atoms with van der Waals surface area (Å²) in [5, 5.41) is 15.0. The number of hydrogen-bond donors (Lipinski definition) is 1. The summed E-state index contributed by atoms with van der Waals surface area (Å²) in [6, 6.07) is 13.7. The van der Waals surface area contributed by atoms with Gasteiger partial charge < -0.3 is 14.8 Å². The lowest BCUT2D eigenvalue weighted by molar-refractivity contribution is -0.255. The molecule has 1 saturated heterocycles. The molecule has 29 heavy (non-hydrogen) atoms. The minimum Gasteiger partial charge on any atom is -0.545 e. The van der Waals surface area contributed by atoms with E-state index in [4.69, 9.17) is 0 Å². The number of aryl methyl sites for hydroxylation is 1. The van der Waals surface area contributed by atoms with Crippen LogP contribution < -0.4 is 10.5 Å². The van der Waals surface area contributed by atoms with E-state index in [-0.39, 0.29) is 23.3 Å². The molecule has 150 valence electrons. The smallest absolute Gasteiger partial charge is 0.254 e. The fraction of sp³-hybridized carbons (Fsp3) is 0.273. The van der Waals surface area contributed by atoms with Crippen LogP contribution in [0.1, 0.15) is 44.7 Å². The molecule has 3 rings (SSSR count). The number of nitrogens with one attached hydrogen (secondary N) is 1. The molecule has 1 N–H and O–H groups in total. The first-order valence-corrected chi connectivity index (χ1v) is 9.45. The van der Waals surface area contributed by atoms with E-state index in [1.54, 1.807) is 23.1 Å². The van der Waals surface area contributed by atoms with E-state index in [1.807, 2.05) is 31.2 Å². The summed E-state index contributed by atoms with van der Waals surface area (Å²) in [5.41, 5.74) is 4.45. The molecule has 0 saturated carbocycles. The van der Waals surface area contributed by atoms with Crippen molar-refractivity contribution in [2.24, 2.45) is 11.0 Å². The molecule has 0 aliphatic carbocycles. The third-order valence-electron chi connectivity index (χ3n) is 5.09. The monoisotopic (exact) mass is 392 g/mol. The van der Waals surface area contributed by atoms with Crippen molar-refractivity contribution in [3.63, 3.8) is 0 Å². The third kappa shape index (κ3) is 4.87. The Kier molecular flexibility index (Phi) is 6.39. The topological polar surface area (TPSA) is 102 Å². The highest BCUT2D eigenvalue weighted by Crippen LogP contribution is 2.20. The predicted molar refractivity (Wildman–Crippen MR) is 106 cm³/mol. The predicted octanol–water partition coefficient (Wildman–Crippen LogP) is 1.36. The number of amides is 2. The van der Waals surface area contributed by atoms with Gasteiger partial charge in [0.25, 0.3) is 5.91 Å². The molecule has 7 nitrogen and oxygen atoms in total. The number of piperidine rings is 1. The average molecular weight is 392 g/mol. The standard InChI is InChI=1S/C22H23N3O4/c1-15-6-2-4-8-18(15)21(27)25-12-10-16(11-13-25)20(26)24-23-14-17-7-3-5-9-19(17)22(28)29/h2-9,14,16H,10-13H2,1H3,(H,24,26)(H,28,29)/p-1/b23-14-. The fourth-order valence-electron chi connectivity index (χ4n) is 3.38. The summed E-state index contributed by atoms with van der Waals surface area (Å²) in [5.74, 6) is -1.80. The van der Waals surface area contributed by atoms with Gasteiger partial charge in [0.15, 0.2) is 0 Å². The molecule has 2 aromatic carbocycles. The second-order valence-electron chi connectivity index (χ2n) is 6.99. The molecule has 0 radical (unpaired) electrons. The van der Waals surface area contributed by atoms with Crippen molar-refractivity contribution in [1.29, 1.82) is 0 Å². The number of benzene rings is 2. The van der Waals surface area contributed by atoms with Gasteiger partial charge in [0, 0.05) is 35.7 Å². The van der Waals surface area contributed by atoms with Gasteiger partial charge in [-0.3, -0.25) is 9.59 Å². The number of nitrogens with zero attached hydrogens (tertiary/aromatic N) is 2. The van der Waals surface area contributed by atoms with E-state index in [0.29, 0.717) is 37.1 Å². The highest BCUT2D eigenvalue weighted by Gasteiger charge is 2.28. The molecule has 2 amide bonds. The third-order valence-corrected chi connectivity index (χ3v) is 5.09. The van der Waals surface area contributed by atoms with Crippen molar-refractivity contribution in [2.45, 2.75) is 19.8 Å². The zero-order valence-electron chi connectivity index (χ0n) is 16.1. The van der Waals surface area contributed by atoms with Crippen LogP contribution in [-0.2, 0) is 4.79 Å². The van der Waals surface area contributed by atoms with E-state index >= 15 is 0 Å². The summed E-state index contributed by atoms with van der Waals surface area (Å²) >= 11 is 0. The number of rotatable bonds is 5. The maximum Gasteiger partial charge on any atom is 0.254 e. The number of carboxylic acid groups (broad SMARTS) is 1. The van der Waals surface area contributed by atoms with E-state index in [0.717, 1.165) is 5.56 Å². The first-order chi connectivity index (χ1) is 14.0. The summed E-state index contributed by atoms with van der Waals surface area (Å²) in [4.78, 5) is 37.9. The van der Waals surface area contributed by atoms with E-state index in [2.05, 4.69) is 10.5 Å². The number of likely N-dealkylation sites (tertiary alicyclic amines) is 1. The van der Waals surface area contributed by atoms with E-state index in [1.165, 1.54) is 12.3 Å². The Morgan fingerprint density at radius 3 is 2.31 bits per heavy atom. The number of carboxylic acids is 1. The number of carbonyl (C=O) groups excluding carboxylic acids is 3. The van der Waals surface area contributed by atoms with Crippen LogP contribution in [0.2, 0.25) is 0 Å². The Bertz CT molecular complexity index is 947. The molecular formula is C22H22N3O4-. The van der Waals surface area contributed by atoms with Crippen LogP contribution in [-0.4, -0.2) is 42.0 Å². The van der Waals surface area contributed by atoms with Crippen molar-refractivity contribution in [3.05, 3.63) is 70.8 Å². The molecule has 0 spiro atoms. The lowest BCUT2D eigenvalue weighted by Gasteiger charge is -2.31. The zero-order valence-corrected chi connectivity index (χ0v) is 16.1. The lowest BCUT2D eigenvalue weighted by atomic mass is 9.95. The van der Waals surface area contributed by atoms with Gasteiger partial charge in [0.05, 0.1) is 12.2 Å². The summed E-state index contributed by atoms with van der Waals surface area (Å²) < 4.78 is 0. The van der Waals surface area contributed by atoms with Gasteiger partial charge in [-0.1, -0.05) is 42.5 Å². The maximum atomic E-state index is 12.7. The number of carbonyl (C=O) groups is 3. The Balaban J connectivity index is 1.54. The second kappa shape index (κ2) is 9.14. The van der Waals surface area contributed by atoms with Crippen molar-refractivity contribution >= 4 is 24.0 Å². The van der Waals surface area contributed by atoms with Gasteiger partial charge in [-0.2, -0.15) is 5.10 Å². The molecule has 0 bridgehead atoms. The lowest BCUT2D eigenvalue weighted by Crippen LogP contribution is -2.42. The number of hydrogen-bond acceptors (Lipinski definition) is 5. The Labute approximate surface area is 169 Å². The quantitative estimate of drug-likeness (QED) is 0.613. The van der Waals surface area contributed by atoms with Gasteiger partial charge in [-0.15, -0.1) is 0 Å². The van der Waals surface area contributed by atoms with E-state index in [9.17, 15) is 19.5 Å². The molecule has 0 atom stereocenters. The Morgan fingerprint density at radius 1 is 1.03 bits per heavy atom. The van der Waals surface area contributed by atoms with Gasteiger partial charge in [-0.25, -0.2) is 5.43 Å². The molecule has 7 heteroatoms. The molecule has 1 aliphatic heterocycles. The molecule has 0 unspecified atom stereocenters. The van der Waals surface area contributed by atoms with Gasteiger partial charge in [0.2, 0.25) is 5.91 Å². The fourth-order valence-corrected chi connectivity index (χ4v) is 3.38. The largest absolute Gasteiger partial charge is 0.545 e. The van der Waals surface area contributed by atoms with Crippen molar-refractivity contribution in [1.82, 2.24) is 10.3 Å². The minimum atomic E-state index is -1.30. The molecule has 1 fully saturated rings. The molecule has 2 aromatic rings. The summed E-state index contributed by atoms with van der Waals surface area (Å²) in [6.07, 6.45) is 2.39. The van der Waals surface area contributed by atoms with E-state index < -0.39 is 5.97 Å². The van der Waals surface area contributed by atoms with Crippen LogP contribution in [0.4, 0.5) is 0 Å². The minimum absolute atomic E-state index is 0.00789. The SMILES string of the molecule is Cc1ccccc1C(=O)N1CCC(C(=O)N/N=C\c2ccccc2C(=O)[O-])CC1. The first-order valence-electron chi connectivity index (χ1n) is 9.45. The normalized spacial score (nSPS) is 14.7. The summed E-state index contributed by atoms with van der Waals surface area (Å²) in [6.45, 7) is 2.91. The average Bonchev–Trinajstić information content (AvgIpc) is 2.74. The molecular weight excluding hydrogens is 370 g/mol. The van der Waals surface area contributed by atoms with Crippen LogP contribution in [0.25, 0.3) is 0 Å². The first kappa shape index (κ1) is 20.3. The molecule has 0 aromatic heterocycles. The van der Waals surface area contributed by atoms with Gasteiger partial charge >= 0.3 is 0 Å². The summed E-state index contributed by atoms with van der Waals surface area (Å²) in [7, 11) is 0. The number of hydrazone groups is 1. The van der Waals surface area contributed by atoms with Crippen LogP contribution in [0, 0.1) is 12.8 Å². The molecule has 1 heterocycles. The van der Waals surface area contributed by atoms with Crippen LogP contribution in [0.15, 0.2) is 53.6 Å². The van der Waals surface area contributed by atoms with Crippen molar-refractivity contribution in [3.8, 4) is 0 Å². The highest BCUT2D eigenvalue weighted by molar-refractivity contribution is 5.98. The van der Waals surface area contributed by atoms with Crippen LogP contribution in [0.3, 0.4) is 0 Å². The molecule has 1 aliphatic rings. The van der Waals surface area contributed by atoms with Crippen molar-refractivity contribution < 1.29 is 19.5 Å².